The van der Waals surface area contributed by atoms with E-state index in [4.69, 9.17) is 0 Å². The number of aryl methyl sites for hydroxylation is 4. The van der Waals surface area contributed by atoms with Crippen molar-refractivity contribution in [3.8, 4) is 17.0 Å². The Kier molecular flexibility index (Phi) is 3.19. The van der Waals surface area contributed by atoms with Gasteiger partial charge >= 0.3 is 0 Å². The summed E-state index contributed by atoms with van der Waals surface area (Å²) in [4.78, 5) is 0. The molecule has 1 heterocycles. The molecule has 0 radical (unpaired) electrons. The van der Waals surface area contributed by atoms with Gasteiger partial charge in [-0.2, -0.15) is 5.10 Å². The average Bonchev–Trinajstić information content (AvgIpc) is 3.05. The summed E-state index contributed by atoms with van der Waals surface area (Å²) in [6.07, 6.45) is 5.39. The van der Waals surface area contributed by atoms with Crippen LogP contribution in [-0.4, -0.2) is 15.3 Å². The summed E-state index contributed by atoms with van der Waals surface area (Å²) in [5.41, 5.74) is 6.61. The van der Waals surface area contributed by atoms with Crippen molar-refractivity contribution in [2.45, 2.75) is 25.7 Å². The van der Waals surface area contributed by atoms with Gasteiger partial charge in [-0.15, -0.1) is 0 Å². The van der Waals surface area contributed by atoms with Gasteiger partial charge < -0.3 is 5.11 Å². The Morgan fingerprint density at radius 1 is 0.773 bits per heavy atom. The third kappa shape index (κ3) is 2.29. The minimum absolute atomic E-state index is 0.400. The molecule has 0 atom stereocenters. The summed E-state index contributed by atoms with van der Waals surface area (Å²) >= 11 is 0. The average molecular weight is 290 g/mol. The van der Waals surface area contributed by atoms with Gasteiger partial charge in [0.25, 0.3) is 0 Å². The molecule has 7 rings (SSSR count). The van der Waals surface area contributed by atoms with E-state index in [1.165, 1.54) is 11.1 Å². The van der Waals surface area contributed by atoms with Gasteiger partial charge in [0.05, 0.1) is 5.69 Å². The van der Waals surface area contributed by atoms with Crippen molar-refractivity contribution in [3.63, 3.8) is 0 Å². The van der Waals surface area contributed by atoms with E-state index < -0.39 is 0 Å². The van der Waals surface area contributed by atoms with Crippen LogP contribution in [0.15, 0.2) is 48.7 Å². The zero-order valence-electron chi connectivity index (χ0n) is 12.3. The molecule has 0 saturated carbocycles. The molecular formula is C19H18N2O. The number of benzene rings is 2. The molecular weight excluding hydrogens is 272 g/mol. The minimum atomic E-state index is 0.400. The highest BCUT2D eigenvalue weighted by molar-refractivity contribution is 5.72. The Morgan fingerprint density at radius 3 is 2.05 bits per heavy atom. The van der Waals surface area contributed by atoms with Crippen LogP contribution < -0.4 is 0 Å². The number of nitrogens with one attached hydrogen (secondary N) is 1. The summed E-state index contributed by atoms with van der Waals surface area (Å²) in [5, 5.41) is 17.8. The van der Waals surface area contributed by atoms with Gasteiger partial charge in [-0.05, 0) is 54.0 Å². The predicted molar refractivity (Wildman–Crippen MR) is 86.9 cm³/mol. The van der Waals surface area contributed by atoms with E-state index >= 15 is 0 Å². The van der Waals surface area contributed by atoms with Crippen molar-refractivity contribution in [1.29, 1.82) is 0 Å². The molecule has 0 saturated heterocycles. The van der Waals surface area contributed by atoms with E-state index in [-0.39, 0.29) is 0 Å². The zero-order valence-corrected chi connectivity index (χ0v) is 12.3. The largest absolute Gasteiger partial charge is 0.507 e. The van der Waals surface area contributed by atoms with Gasteiger partial charge in [0, 0.05) is 11.8 Å². The first-order valence-electron chi connectivity index (χ1n) is 7.72. The first kappa shape index (κ1) is 13.1. The Balaban J connectivity index is 1.85. The number of nitrogens with zero attached hydrogens (tertiary/aromatic N) is 1. The highest BCUT2D eigenvalue weighted by atomic mass is 16.3. The molecule has 0 unspecified atom stereocenters. The smallest absolute Gasteiger partial charge is 0.128 e. The maximum Gasteiger partial charge on any atom is 0.128 e. The number of phenols is 1. The predicted octanol–water partition coefficient (Wildman–Crippen LogP) is 3.67. The number of aromatic amines is 1. The summed E-state index contributed by atoms with van der Waals surface area (Å²) in [6, 6.07) is 15.0. The fraction of sp³-hybridized carbons (Fsp3) is 0.211. The monoisotopic (exact) mass is 290 g/mol. The maximum atomic E-state index is 10.8. The number of hydrogen-bond acceptors (Lipinski definition) is 2. The molecule has 0 aliphatic heterocycles. The molecule has 3 heteroatoms. The van der Waals surface area contributed by atoms with Crippen LogP contribution in [0, 0.1) is 0 Å². The van der Waals surface area contributed by atoms with Gasteiger partial charge in [0.2, 0.25) is 0 Å². The second-order valence-corrected chi connectivity index (χ2v) is 5.89. The van der Waals surface area contributed by atoms with Gasteiger partial charge in [0.1, 0.15) is 5.75 Å². The summed E-state index contributed by atoms with van der Waals surface area (Å²) in [5.74, 6) is 0.400. The number of aromatic hydroxyl groups is 1. The van der Waals surface area contributed by atoms with Crippen molar-refractivity contribution in [2.24, 2.45) is 0 Å². The van der Waals surface area contributed by atoms with Crippen molar-refractivity contribution in [3.05, 3.63) is 70.9 Å². The molecule has 4 aliphatic rings. The van der Waals surface area contributed by atoms with E-state index in [0.29, 0.717) is 5.75 Å². The second kappa shape index (κ2) is 5.34. The fourth-order valence-corrected chi connectivity index (χ4v) is 3.21. The van der Waals surface area contributed by atoms with E-state index in [1.54, 1.807) is 6.20 Å². The molecule has 4 bridgehead atoms. The molecule has 3 aromatic rings. The van der Waals surface area contributed by atoms with Crippen molar-refractivity contribution in [1.82, 2.24) is 10.2 Å². The highest BCUT2D eigenvalue weighted by Crippen LogP contribution is 2.36. The standard InChI is InChI=1S/C19H18N2O/c22-19-16-8-6-14-3-1-13(2-4-14)5-7-15(9-10-16)18(19)17-11-12-20-21-17/h1-4,9-12,22H,5-8H2,(H,20,21). The number of phenolic OH excluding ortho intramolecular Hbond substituents is 1. The van der Waals surface area contributed by atoms with E-state index in [9.17, 15) is 5.11 Å². The molecule has 0 fully saturated rings. The lowest BCUT2D eigenvalue weighted by molar-refractivity contribution is 0.469. The van der Waals surface area contributed by atoms with Crippen LogP contribution in [0.2, 0.25) is 0 Å². The Bertz CT molecular complexity index is 789. The van der Waals surface area contributed by atoms with Crippen LogP contribution in [-0.2, 0) is 25.7 Å². The van der Waals surface area contributed by atoms with Crippen LogP contribution >= 0.6 is 0 Å². The molecule has 3 nitrogen and oxygen atoms in total. The minimum Gasteiger partial charge on any atom is -0.507 e. The van der Waals surface area contributed by atoms with Crippen molar-refractivity contribution < 1.29 is 5.11 Å². The first-order chi connectivity index (χ1) is 10.8. The maximum absolute atomic E-state index is 10.8. The molecule has 110 valence electrons. The quantitative estimate of drug-likeness (QED) is 0.718. The van der Waals surface area contributed by atoms with E-state index in [0.717, 1.165) is 48.1 Å². The van der Waals surface area contributed by atoms with Gasteiger partial charge in [-0.3, -0.25) is 5.10 Å². The zero-order chi connectivity index (χ0) is 14.9. The van der Waals surface area contributed by atoms with Crippen LogP contribution in [0.1, 0.15) is 22.3 Å². The van der Waals surface area contributed by atoms with Gasteiger partial charge in [-0.1, -0.05) is 36.4 Å². The third-order valence-electron chi connectivity index (χ3n) is 4.51. The van der Waals surface area contributed by atoms with Gasteiger partial charge in [0.15, 0.2) is 0 Å². The van der Waals surface area contributed by atoms with Gasteiger partial charge in [-0.25, -0.2) is 0 Å². The van der Waals surface area contributed by atoms with E-state index in [1.807, 2.05) is 6.07 Å². The highest BCUT2D eigenvalue weighted by Gasteiger charge is 2.16. The second-order valence-electron chi connectivity index (χ2n) is 5.89. The molecule has 1 aromatic heterocycles. The molecule has 2 aromatic carbocycles. The van der Waals surface area contributed by atoms with Crippen LogP contribution in [0.5, 0.6) is 5.75 Å². The molecule has 0 spiro atoms. The fourth-order valence-electron chi connectivity index (χ4n) is 3.21. The first-order valence-corrected chi connectivity index (χ1v) is 7.72. The third-order valence-corrected chi connectivity index (χ3v) is 4.51. The number of hydrogen-bond donors (Lipinski definition) is 2. The molecule has 22 heavy (non-hydrogen) atoms. The SMILES string of the molecule is Oc1c2ccc(c1-c1ccn[nH]1)CCc1ccc(cc1)CC2. The molecule has 2 N–H and O–H groups in total. The summed E-state index contributed by atoms with van der Waals surface area (Å²) in [7, 11) is 0. The Morgan fingerprint density at radius 2 is 1.41 bits per heavy atom. The normalized spacial score (nSPS) is 13.8. The summed E-state index contributed by atoms with van der Waals surface area (Å²) < 4.78 is 0. The number of rotatable bonds is 1. The molecule has 4 aliphatic carbocycles. The van der Waals surface area contributed by atoms with Crippen molar-refractivity contribution >= 4 is 0 Å². The Hall–Kier alpha value is -2.55. The number of H-pyrrole nitrogens is 1. The van der Waals surface area contributed by atoms with Crippen LogP contribution in [0.4, 0.5) is 0 Å². The van der Waals surface area contributed by atoms with E-state index in [2.05, 4.69) is 46.6 Å². The number of aromatic nitrogens is 2. The van der Waals surface area contributed by atoms with Crippen LogP contribution in [0.25, 0.3) is 11.3 Å². The lowest BCUT2D eigenvalue weighted by Gasteiger charge is -2.16. The van der Waals surface area contributed by atoms with Crippen molar-refractivity contribution in [2.75, 3.05) is 0 Å². The van der Waals surface area contributed by atoms with Crippen LogP contribution in [0.3, 0.4) is 0 Å². The lowest BCUT2D eigenvalue weighted by Crippen LogP contribution is -2.01. The molecule has 0 amide bonds. The lowest BCUT2D eigenvalue weighted by atomic mass is 9.91. The summed E-state index contributed by atoms with van der Waals surface area (Å²) in [6.45, 7) is 0. The topological polar surface area (TPSA) is 48.9 Å². The Labute approximate surface area is 129 Å².